The molecular weight excluding hydrogens is 329 g/mol. The Morgan fingerprint density at radius 2 is 1.86 bits per heavy atom. The van der Waals surface area contributed by atoms with Gasteiger partial charge in [0.1, 0.15) is 6.04 Å². The van der Waals surface area contributed by atoms with Crippen LogP contribution in [-0.2, 0) is 9.59 Å². The first kappa shape index (κ1) is 17.0. The van der Waals surface area contributed by atoms with Crippen LogP contribution in [0.5, 0.6) is 0 Å². The first-order valence-electron chi connectivity index (χ1n) is 6.90. The van der Waals surface area contributed by atoms with E-state index in [1.54, 1.807) is 23.1 Å². The molecule has 120 valence electrons. The van der Waals surface area contributed by atoms with Crippen LogP contribution in [0.3, 0.4) is 0 Å². The van der Waals surface area contributed by atoms with Gasteiger partial charge in [0.15, 0.2) is 0 Å². The maximum atomic E-state index is 12.1. The third kappa shape index (κ3) is 4.33. The Hall–Kier alpha value is -1.34. The SMILES string of the molecule is O=C(CC(C(=O)O)N1CCNCC1)Nc1c(Cl)cccc1Cl. The van der Waals surface area contributed by atoms with Gasteiger partial charge in [-0.05, 0) is 12.1 Å². The molecule has 1 amide bonds. The van der Waals surface area contributed by atoms with E-state index in [1.807, 2.05) is 0 Å². The number of carbonyl (C=O) groups is 2. The van der Waals surface area contributed by atoms with Crippen LogP contribution in [0.2, 0.25) is 10.0 Å². The fourth-order valence-corrected chi connectivity index (χ4v) is 2.84. The minimum atomic E-state index is -1.01. The minimum absolute atomic E-state index is 0.156. The molecule has 0 aromatic heterocycles. The van der Waals surface area contributed by atoms with Crippen molar-refractivity contribution in [3.8, 4) is 0 Å². The molecule has 1 aromatic carbocycles. The van der Waals surface area contributed by atoms with E-state index in [-0.39, 0.29) is 6.42 Å². The number of aliphatic carboxylic acids is 1. The van der Waals surface area contributed by atoms with Gasteiger partial charge in [0.05, 0.1) is 22.2 Å². The fourth-order valence-electron chi connectivity index (χ4n) is 2.35. The summed E-state index contributed by atoms with van der Waals surface area (Å²) in [6.45, 7) is 2.61. The van der Waals surface area contributed by atoms with Crippen LogP contribution in [0.1, 0.15) is 6.42 Å². The van der Waals surface area contributed by atoms with Crippen LogP contribution in [0.15, 0.2) is 18.2 Å². The summed E-state index contributed by atoms with van der Waals surface area (Å²) >= 11 is 12.0. The van der Waals surface area contributed by atoms with E-state index in [9.17, 15) is 14.7 Å². The van der Waals surface area contributed by atoms with Crippen LogP contribution in [0.25, 0.3) is 0 Å². The van der Waals surface area contributed by atoms with Gasteiger partial charge >= 0.3 is 5.97 Å². The molecule has 1 aromatic rings. The molecule has 1 saturated heterocycles. The topological polar surface area (TPSA) is 81.7 Å². The molecule has 0 spiro atoms. The summed E-state index contributed by atoms with van der Waals surface area (Å²) in [5.74, 6) is -1.44. The second-order valence-electron chi connectivity index (χ2n) is 4.99. The van der Waals surface area contributed by atoms with Gasteiger partial charge in [0, 0.05) is 26.2 Å². The van der Waals surface area contributed by atoms with Crippen molar-refractivity contribution in [3.05, 3.63) is 28.2 Å². The molecule has 0 saturated carbocycles. The van der Waals surface area contributed by atoms with E-state index in [2.05, 4.69) is 10.6 Å². The van der Waals surface area contributed by atoms with Crippen LogP contribution in [0, 0.1) is 0 Å². The van der Waals surface area contributed by atoms with Gasteiger partial charge in [0.2, 0.25) is 5.91 Å². The van der Waals surface area contributed by atoms with Crippen LogP contribution >= 0.6 is 23.2 Å². The molecule has 1 unspecified atom stereocenters. The Kier molecular flexibility index (Phi) is 6.02. The Bertz CT molecular complexity index is 542. The zero-order valence-electron chi connectivity index (χ0n) is 11.8. The van der Waals surface area contributed by atoms with Crippen molar-refractivity contribution in [2.24, 2.45) is 0 Å². The van der Waals surface area contributed by atoms with Crippen molar-refractivity contribution in [2.45, 2.75) is 12.5 Å². The molecule has 22 heavy (non-hydrogen) atoms. The average Bonchev–Trinajstić information content (AvgIpc) is 2.49. The van der Waals surface area contributed by atoms with Crippen molar-refractivity contribution in [1.82, 2.24) is 10.2 Å². The Labute approximate surface area is 138 Å². The van der Waals surface area contributed by atoms with E-state index in [4.69, 9.17) is 23.2 Å². The number of nitrogens with zero attached hydrogens (tertiary/aromatic N) is 1. The van der Waals surface area contributed by atoms with Crippen LogP contribution in [0.4, 0.5) is 5.69 Å². The molecule has 1 fully saturated rings. The van der Waals surface area contributed by atoms with Gasteiger partial charge in [0.25, 0.3) is 0 Å². The van der Waals surface area contributed by atoms with Gasteiger partial charge in [-0.1, -0.05) is 29.3 Å². The van der Waals surface area contributed by atoms with Crippen molar-refractivity contribution in [1.29, 1.82) is 0 Å². The number of carboxylic acid groups (broad SMARTS) is 1. The summed E-state index contributed by atoms with van der Waals surface area (Å²) in [6, 6.07) is 4.02. The van der Waals surface area contributed by atoms with E-state index in [0.717, 1.165) is 0 Å². The fraction of sp³-hybridized carbons (Fsp3) is 0.429. The lowest BCUT2D eigenvalue weighted by atomic mass is 10.1. The van der Waals surface area contributed by atoms with Crippen molar-refractivity contribution in [3.63, 3.8) is 0 Å². The first-order valence-corrected chi connectivity index (χ1v) is 7.66. The zero-order valence-corrected chi connectivity index (χ0v) is 13.3. The maximum absolute atomic E-state index is 12.1. The smallest absolute Gasteiger partial charge is 0.321 e. The van der Waals surface area contributed by atoms with Gasteiger partial charge in [-0.15, -0.1) is 0 Å². The number of amides is 1. The van der Waals surface area contributed by atoms with Crippen molar-refractivity contribution < 1.29 is 14.7 Å². The van der Waals surface area contributed by atoms with E-state index < -0.39 is 17.9 Å². The third-order valence-electron chi connectivity index (χ3n) is 3.48. The molecule has 3 N–H and O–H groups in total. The second-order valence-corrected chi connectivity index (χ2v) is 5.80. The lowest BCUT2D eigenvalue weighted by Crippen LogP contribution is -2.52. The zero-order chi connectivity index (χ0) is 16.1. The molecule has 0 radical (unpaired) electrons. The Morgan fingerprint density at radius 3 is 2.41 bits per heavy atom. The Balaban J connectivity index is 2.03. The van der Waals surface area contributed by atoms with Gasteiger partial charge in [-0.25, -0.2) is 0 Å². The molecular formula is C14H17Cl2N3O3. The van der Waals surface area contributed by atoms with E-state index in [0.29, 0.717) is 41.9 Å². The highest BCUT2D eigenvalue weighted by molar-refractivity contribution is 6.39. The number of hydrogen-bond donors (Lipinski definition) is 3. The largest absolute Gasteiger partial charge is 0.480 e. The number of nitrogens with one attached hydrogen (secondary N) is 2. The monoisotopic (exact) mass is 345 g/mol. The lowest BCUT2D eigenvalue weighted by molar-refractivity contribution is -0.145. The molecule has 1 heterocycles. The number of anilines is 1. The molecule has 0 aliphatic carbocycles. The molecule has 1 aliphatic rings. The lowest BCUT2D eigenvalue weighted by Gasteiger charge is -2.32. The molecule has 6 nitrogen and oxygen atoms in total. The molecule has 8 heteroatoms. The standard InChI is InChI=1S/C14H17Cl2N3O3/c15-9-2-1-3-10(16)13(9)18-12(20)8-11(14(21)22)19-6-4-17-5-7-19/h1-3,11,17H,4-8H2,(H,18,20)(H,21,22). The molecule has 1 atom stereocenters. The minimum Gasteiger partial charge on any atom is -0.480 e. The maximum Gasteiger partial charge on any atom is 0.321 e. The number of hydrogen-bond acceptors (Lipinski definition) is 4. The van der Waals surface area contributed by atoms with E-state index >= 15 is 0 Å². The average molecular weight is 346 g/mol. The number of benzene rings is 1. The molecule has 0 bridgehead atoms. The first-order chi connectivity index (χ1) is 10.5. The van der Waals surface area contributed by atoms with Gasteiger partial charge in [-0.3, -0.25) is 14.5 Å². The number of carbonyl (C=O) groups excluding carboxylic acids is 1. The predicted molar refractivity (Wildman–Crippen MR) is 85.6 cm³/mol. The number of halogens is 2. The highest BCUT2D eigenvalue weighted by atomic mass is 35.5. The normalized spacial score (nSPS) is 17.0. The number of piperazine rings is 1. The molecule has 1 aliphatic heterocycles. The summed E-state index contributed by atoms with van der Waals surface area (Å²) < 4.78 is 0. The van der Waals surface area contributed by atoms with Crippen molar-refractivity contribution >= 4 is 40.8 Å². The summed E-state index contributed by atoms with van der Waals surface area (Å²) in [6.07, 6.45) is -0.156. The summed E-state index contributed by atoms with van der Waals surface area (Å²) in [5.41, 5.74) is 0.306. The van der Waals surface area contributed by atoms with Gasteiger partial charge in [-0.2, -0.15) is 0 Å². The summed E-state index contributed by atoms with van der Waals surface area (Å²) in [4.78, 5) is 25.4. The van der Waals surface area contributed by atoms with Crippen LogP contribution in [-0.4, -0.2) is 54.1 Å². The number of carboxylic acids is 1. The third-order valence-corrected chi connectivity index (χ3v) is 4.11. The summed E-state index contributed by atoms with van der Waals surface area (Å²) in [5, 5.41) is 15.7. The highest BCUT2D eigenvalue weighted by Gasteiger charge is 2.29. The van der Waals surface area contributed by atoms with Gasteiger partial charge < -0.3 is 15.7 Å². The second kappa shape index (κ2) is 7.78. The molecule has 2 rings (SSSR count). The number of rotatable bonds is 5. The Morgan fingerprint density at radius 1 is 1.27 bits per heavy atom. The quantitative estimate of drug-likeness (QED) is 0.756. The highest BCUT2D eigenvalue weighted by Crippen LogP contribution is 2.30. The predicted octanol–water partition coefficient (Wildman–Crippen LogP) is 1.68. The summed E-state index contributed by atoms with van der Waals surface area (Å²) in [7, 11) is 0. The van der Waals surface area contributed by atoms with Crippen molar-refractivity contribution in [2.75, 3.05) is 31.5 Å². The number of para-hydroxylation sites is 1. The van der Waals surface area contributed by atoms with E-state index in [1.165, 1.54) is 0 Å². The van der Waals surface area contributed by atoms with Crippen LogP contribution < -0.4 is 10.6 Å².